The zero-order chi connectivity index (χ0) is 14.2. The Balaban J connectivity index is 2.66. The van der Waals surface area contributed by atoms with Crippen LogP contribution in [0.2, 0.25) is 0 Å². The lowest BCUT2D eigenvalue weighted by atomic mass is 10.1. The average molecular weight is 286 g/mol. The lowest BCUT2D eigenvalue weighted by Crippen LogP contribution is -2.15. The van der Waals surface area contributed by atoms with E-state index >= 15 is 0 Å². The van der Waals surface area contributed by atoms with Crippen LogP contribution in [0.15, 0.2) is 24.4 Å². The molecule has 0 bridgehead atoms. The van der Waals surface area contributed by atoms with Crippen molar-refractivity contribution in [1.82, 2.24) is 9.78 Å². The van der Waals surface area contributed by atoms with Crippen molar-refractivity contribution in [3.63, 3.8) is 0 Å². The van der Waals surface area contributed by atoms with Gasteiger partial charge < -0.3 is 0 Å². The molecule has 2 aromatic rings. The quantitative estimate of drug-likeness (QED) is 0.828. The molecule has 1 heterocycles. The van der Waals surface area contributed by atoms with Gasteiger partial charge in [-0.05, 0) is 37.1 Å². The lowest BCUT2D eigenvalue weighted by molar-refractivity contribution is -0.143. The molecule has 0 unspecified atom stereocenters. The van der Waals surface area contributed by atoms with Crippen LogP contribution in [-0.2, 0) is 11.9 Å². The van der Waals surface area contributed by atoms with E-state index in [0.29, 0.717) is 5.69 Å². The second kappa shape index (κ2) is 4.92. The standard InChI is InChI=1S/C13H13F3N2S/c1-8-3-9(2)5-11(4-8)18-12(13(14,15)16)10(7-19)6-17-18/h3-6,19H,7H2,1-2H3. The van der Waals surface area contributed by atoms with Crippen molar-refractivity contribution >= 4 is 12.6 Å². The summed E-state index contributed by atoms with van der Waals surface area (Å²) >= 11 is 3.92. The summed E-state index contributed by atoms with van der Waals surface area (Å²) in [5, 5.41) is 3.85. The maximum Gasteiger partial charge on any atom is 0.433 e. The summed E-state index contributed by atoms with van der Waals surface area (Å²) in [6, 6.07) is 5.26. The van der Waals surface area contributed by atoms with Gasteiger partial charge >= 0.3 is 6.18 Å². The number of aromatic nitrogens is 2. The SMILES string of the molecule is Cc1cc(C)cc(-n2ncc(CS)c2C(F)(F)F)c1. The predicted molar refractivity (Wildman–Crippen MR) is 70.7 cm³/mol. The van der Waals surface area contributed by atoms with Crippen LogP contribution in [0, 0.1) is 13.8 Å². The van der Waals surface area contributed by atoms with Crippen LogP contribution in [0.25, 0.3) is 5.69 Å². The smallest absolute Gasteiger partial charge is 0.228 e. The van der Waals surface area contributed by atoms with Crippen molar-refractivity contribution in [3.05, 3.63) is 46.8 Å². The summed E-state index contributed by atoms with van der Waals surface area (Å²) in [7, 11) is 0. The fourth-order valence-corrected chi connectivity index (χ4v) is 2.30. The van der Waals surface area contributed by atoms with E-state index in [2.05, 4.69) is 17.7 Å². The predicted octanol–water partition coefficient (Wildman–Crippen LogP) is 3.94. The number of benzene rings is 1. The first-order chi connectivity index (χ1) is 8.82. The molecule has 0 aliphatic carbocycles. The molecule has 2 nitrogen and oxygen atoms in total. The van der Waals surface area contributed by atoms with Gasteiger partial charge in [0.05, 0.1) is 11.9 Å². The number of aryl methyl sites for hydroxylation is 2. The normalized spacial score (nSPS) is 11.9. The van der Waals surface area contributed by atoms with Gasteiger partial charge in [0.1, 0.15) is 0 Å². The van der Waals surface area contributed by atoms with Gasteiger partial charge in [-0.25, -0.2) is 4.68 Å². The van der Waals surface area contributed by atoms with Gasteiger partial charge in [-0.1, -0.05) is 6.07 Å². The Morgan fingerprint density at radius 2 is 1.74 bits per heavy atom. The zero-order valence-electron chi connectivity index (χ0n) is 10.5. The van der Waals surface area contributed by atoms with Crippen molar-refractivity contribution < 1.29 is 13.2 Å². The molecule has 0 aliphatic heterocycles. The number of nitrogens with zero attached hydrogens (tertiary/aromatic N) is 2. The molecule has 0 aliphatic rings. The topological polar surface area (TPSA) is 17.8 Å². The Kier molecular flexibility index (Phi) is 3.62. The van der Waals surface area contributed by atoms with E-state index < -0.39 is 11.9 Å². The fraction of sp³-hybridized carbons (Fsp3) is 0.308. The minimum Gasteiger partial charge on any atom is -0.228 e. The molecule has 0 N–H and O–H groups in total. The molecule has 0 amide bonds. The third-order valence-electron chi connectivity index (χ3n) is 2.73. The second-order valence-electron chi connectivity index (χ2n) is 4.43. The number of hydrogen-bond donors (Lipinski definition) is 1. The maximum absolute atomic E-state index is 13.1. The summed E-state index contributed by atoms with van der Waals surface area (Å²) in [5.74, 6) is -0.000356. The Morgan fingerprint density at radius 3 is 2.21 bits per heavy atom. The van der Waals surface area contributed by atoms with Crippen molar-refractivity contribution in [1.29, 1.82) is 0 Å². The van der Waals surface area contributed by atoms with Crippen LogP contribution in [0.3, 0.4) is 0 Å². The Bertz CT molecular complexity index is 582. The molecule has 0 radical (unpaired) electrons. The molecule has 0 spiro atoms. The van der Waals surface area contributed by atoms with E-state index in [0.717, 1.165) is 15.8 Å². The molecule has 19 heavy (non-hydrogen) atoms. The lowest BCUT2D eigenvalue weighted by Gasteiger charge is -2.13. The molecule has 0 saturated carbocycles. The molecular formula is C13H13F3N2S. The number of alkyl halides is 3. The highest BCUT2D eigenvalue weighted by molar-refractivity contribution is 7.79. The first kappa shape index (κ1) is 14.0. The number of thiol groups is 1. The van der Waals surface area contributed by atoms with Gasteiger partial charge in [0, 0.05) is 11.3 Å². The van der Waals surface area contributed by atoms with Crippen molar-refractivity contribution in [2.75, 3.05) is 0 Å². The molecule has 1 aromatic heterocycles. The van der Waals surface area contributed by atoms with E-state index in [1.807, 2.05) is 19.9 Å². The monoisotopic (exact) mass is 286 g/mol. The van der Waals surface area contributed by atoms with E-state index in [9.17, 15) is 13.2 Å². The van der Waals surface area contributed by atoms with Gasteiger partial charge in [-0.2, -0.15) is 30.9 Å². The van der Waals surface area contributed by atoms with Gasteiger partial charge in [-0.3, -0.25) is 0 Å². The van der Waals surface area contributed by atoms with Crippen LogP contribution < -0.4 is 0 Å². The third kappa shape index (κ3) is 2.78. The number of halogens is 3. The largest absolute Gasteiger partial charge is 0.433 e. The van der Waals surface area contributed by atoms with Crippen molar-refractivity contribution in [2.24, 2.45) is 0 Å². The van der Waals surface area contributed by atoms with Crippen LogP contribution in [0.5, 0.6) is 0 Å². The summed E-state index contributed by atoms with van der Waals surface area (Å²) < 4.78 is 40.3. The average Bonchev–Trinajstić information content (AvgIpc) is 2.70. The van der Waals surface area contributed by atoms with E-state index in [4.69, 9.17) is 0 Å². The minimum absolute atomic E-state index is 0.000356. The summed E-state index contributed by atoms with van der Waals surface area (Å²) in [6.45, 7) is 3.68. The minimum atomic E-state index is -4.45. The number of hydrogen-bond acceptors (Lipinski definition) is 2. The molecular weight excluding hydrogens is 273 g/mol. The fourth-order valence-electron chi connectivity index (χ4n) is 2.07. The first-order valence-electron chi connectivity index (χ1n) is 5.66. The third-order valence-corrected chi connectivity index (χ3v) is 3.08. The van der Waals surface area contributed by atoms with E-state index in [-0.39, 0.29) is 11.3 Å². The van der Waals surface area contributed by atoms with Gasteiger partial charge in [0.25, 0.3) is 0 Å². The van der Waals surface area contributed by atoms with Gasteiger partial charge in [-0.15, -0.1) is 0 Å². The van der Waals surface area contributed by atoms with Crippen LogP contribution in [0.4, 0.5) is 13.2 Å². The molecule has 1 aromatic carbocycles. The van der Waals surface area contributed by atoms with Gasteiger partial charge in [0.15, 0.2) is 5.69 Å². The van der Waals surface area contributed by atoms with Crippen molar-refractivity contribution in [3.8, 4) is 5.69 Å². The second-order valence-corrected chi connectivity index (χ2v) is 4.75. The highest BCUT2D eigenvalue weighted by Gasteiger charge is 2.38. The van der Waals surface area contributed by atoms with Crippen molar-refractivity contribution in [2.45, 2.75) is 25.8 Å². The summed E-state index contributed by atoms with van der Waals surface area (Å²) in [5.41, 5.74) is 1.53. The van der Waals surface area contributed by atoms with Gasteiger partial charge in [0.2, 0.25) is 0 Å². The van der Waals surface area contributed by atoms with E-state index in [1.165, 1.54) is 6.20 Å². The molecule has 6 heteroatoms. The Morgan fingerprint density at radius 1 is 1.16 bits per heavy atom. The maximum atomic E-state index is 13.1. The van der Waals surface area contributed by atoms with Crippen LogP contribution in [-0.4, -0.2) is 9.78 Å². The number of rotatable bonds is 2. The summed E-state index contributed by atoms with van der Waals surface area (Å²) in [4.78, 5) is 0. The highest BCUT2D eigenvalue weighted by Crippen LogP contribution is 2.34. The zero-order valence-corrected chi connectivity index (χ0v) is 11.4. The van der Waals surface area contributed by atoms with E-state index in [1.54, 1.807) is 12.1 Å². The molecule has 102 valence electrons. The first-order valence-corrected chi connectivity index (χ1v) is 6.30. The molecule has 2 rings (SSSR count). The molecule has 0 atom stereocenters. The summed E-state index contributed by atoms with van der Waals surface area (Å²) in [6.07, 6.45) is -3.24. The Labute approximate surface area is 114 Å². The molecule has 0 saturated heterocycles. The highest BCUT2D eigenvalue weighted by atomic mass is 32.1. The van der Waals surface area contributed by atoms with Crippen LogP contribution >= 0.6 is 12.6 Å². The molecule has 0 fully saturated rings. The Hall–Kier alpha value is -1.43. The van der Waals surface area contributed by atoms with Crippen LogP contribution in [0.1, 0.15) is 22.4 Å².